The number of aryl methyl sites for hydroxylation is 1. The predicted octanol–water partition coefficient (Wildman–Crippen LogP) is 2.99. The van der Waals surface area contributed by atoms with E-state index in [-0.39, 0.29) is 0 Å². The molecule has 1 aromatic rings. The molecule has 0 atom stereocenters. The summed E-state index contributed by atoms with van der Waals surface area (Å²) in [6.45, 7) is 4.21. The summed E-state index contributed by atoms with van der Waals surface area (Å²) in [5.41, 5.74) is 1.14. The maximum atomic E-state index is 4.70. The summed E-state index contributed by atoms with van der Waals surface area (Å²) in [5, 5.41) is 6.91. The minimum Gasteiger partial charge on any atom is -0.373 e. The summed E-state index contributed by atoms with van der Waals surface area (Å²) >= 11 is 0. The van der Waals surface area contributed by atoms with Gasteiger partial charge in [-0.3, -0.25) is 0 Å². The van der Waals surface area contributed by atoms with Gasteiger partial charge in [-0.05, 0) is 44.4 Å². The lowest BCUT2D eigenvalue weighted by molar-refractivity contribution is 0.564. The number of hydrogen-bond donors (Lipinski definition) is 2. The van der Waals surface area contributed by atoms with Crippen LogP contribution in [0, 0.1) is 18.8 Å². The summed E-state index contributed by atoms with van der Waals surface area (Å²) < 4.78 is 0. The molecule has 4 heteroatoms. The fourth-order valence-electron chi connectivity index (χ4n) is 2.79. The van der Waals surface area contributed by atoms with Gasteiger partial charge in [-0.2, -0.15) is 0 Å². The molecule has 1 heterocycles. The number of nitrogens with zero attached hydrogens (tertiary/aromatic N) is 2. The van der Waals surface area contributed by atoms with Crippen LogP contribution in [0.1, 0.15) is 44.0 Å². The van der Waals surface area contributed by atoms with E-state index in [1.54, 1.807) is 0 Å². The van der Waals surface area contributed by atoms with Gasteiger partial charge in [0.25, 0.3) is 0 Å². The van der Waals surface area contributed by atoms with E-state index in [0.29, 0.717) is 6.04 Å². The Morgan fingerprint density at radius 2 is 1.68 bits per heavy atom. The van der Waals surface area contributed by atoms with Crippen molar-refractivity contribution in [3.8, 4) is 0 Å². The van der Waals surface area contributed by atoms with E-state index in [9.17, 15) is 0 Å². The number of rotatable bonds is 6. The normalized spacial score (nSPS) is 18.7. The van der Waals surface area contributed by atoms with Crippen LogP contribution in [0.5, 0.6) is 0 Å². The lowest BCUT2D eigenvalue weighted by Crippen LogP contribution is -2.26. The van der Waals surface area contributed by atoms with E-state index in [1.807, 2.05) is 7.05 Å². The lowest BCUT2D eigenvalue weighted by Gasteiger charge is -2.21. The highest BCUT2D eigenvalue weighted by atomic mass is 15.1. The van der Waals surface area contributed by atoms with E-state index < -0.39 is 0 Å². The molecule has 0 unspecified atom stereocenters. The van der Waals surface area contributed by atoms with Gasteiger partial charge >= 0.3 is 0 Å². The monoisotopic (exact) mass is 260 g/mol. The first-order valence-corrected chi connectivity index (χ1v) is 7.54. The molecule has 4 nitrogen and oxygen atoms in total. The van der Waals surface area contributed by atoms with Crippen molar-refractivity contribution in [1.82, 2.24) is 9.97 Å². The van der Waals surface area contributed by atoms with Crippen molar-refractivity contribution in [2.24, 2.45) is 11.8 Å². The van der Waals surface area contributed by atoms with Gasteiger partial charge in [-0.25, -0.2) is 9.97 Å². The Morgan fingerprint density at radius 1 is 1.11 bits per heavy atom. The molecule has 19 heavy (non-hydrogen) atoms. The second-order valence-corrected chi connectivity index (χ2v) is 5.91. The molecule has 0 aromatic carbocycles. The smallest absolute Gasteiger partial charge is 0.135 e. The van der Waals surface area contributed by atoms with E-state index >= 15 is 0 Å². The maximum Gasteiger partial charge on any atom is 0.135 e. The van der Waals surface area contributed by atoms with Crippen LogP contribution in [0.25, 0.3) is 0 Å². The fourth-order valence-corrected chi connectivity index (χ4v) is 2.79. The highest BCUT2D eigenvalue weighted by molar-refractivity contribution is 5.57. The molecule has 0 aliphatic heterocycles. The molecule has 2 saturated carbocycles. The fraction of sp³-hybridized carbons (Fsp3) is 0.733. The Kier molecular flexibility index (Phi) is 3.33. The molecule has 104 valence electrons. The van der Waals surface area contributed by atoms with Crippen molar-refractivity contribution >= 4 is 11.6 Å². The van der Waals surface area contributed by atoms with Gasteiger partial charge in [0.15, 0.2) is 0 Å². The first-order valence-electron chi connectivity index (χ1n) is 7.54. The van der Waals surface area contributed by atoms with Crippen LogP contribution in [0.3, 0.4) is 0 Å². The SMILES string of the molecule is CCc1nc(NC)c(C)c(NC(C2CC2)C2CC2)n1. The highest BCUT2D eigenvalue weighted by Gasteiger charge is 2.41. The zero-order chi connectivity index (χ0) is 13.4. The van der Waals surface area contributed by atoms with Crippen molar-refractivity contribution in [3.63, 3.8) is 0 Å². The topological polar surface area (TPSA) is 49.8 Å². The molecule has 1 aromatic heterocycles. The maximum absolute atomic E-state index is 4.70. The second-order valence-electron chi connectivity index (χ2n) is 5.91. The minimum atomic E-state index is 0.642. The molecule has 2 N–H and O–H groups in total. The third-order valence-corrected chi connectivity index (χ3v) is 4.31. The third-order valence-electron chi connectivity index (χ3n) is 4.31. The molecule has 0 radical (unpaired) electrons. The van der Waals surface area contributed by atoms with Crippen molar-refractivity contribution in [1.29, 1.82) is 0 Å². The largest absolute Gasteiger partial charge is 0.373 e. The van der Waals surface area contributed by atoms with Crippen LogP contribution >= 0.6 is 0 Å². The van der Waals surface area contributed by atoms with Gasteiger partial charge in [0, 0.05) is 25.1 Å². The van der Waals surface area contributed by atoms with E-state index in [4.69, 9.17) is 4.98 Å². The minimum absolute atomic E-state index is 0.642. The molecule has 2 aliphatic carbocycles. The molecular weight excluding hydrogens is 236 g/mol. The molecular formula is C15H24N4. The Labute approximate surface area is 115 Å². The quantitative estimate of drug-likeness (QED) is 0.825. The van der Waals surface area contributed by atoms with Crippen LogP contribution in [-0.2, 0) is 6.42 Å². The van der Waals surface area contributed by atoms with Crippen LogP contribution in [0.4, 0.5) is 11.6 Å². The van der Waals surface area contributed by atoms with Gasteiger partial charge in [-0.15, -0.1) is 0 Å². The van der Waals surface area contributed by atoms with Gasteiger partial charge in [0.2, 0.25) is 0 Å². The Bertz CT molecular complexity index is 451. The molecule has 0 bridgehead atoms. The predicted molar refractivity (Wildman–Crippen MR) is 78.6 cm³/mol. The van der Waals surface area contributed by atoms with Gasteiger partial charge < -0.3 is 10.6 Å². The summed E-state index contributed by atoms with van der Waals surface area (Å²) in [4.78, 5) is 9.23. The molecule has 3 rings (SSSR count). The zero-order valence-electron chi connectivity index (χ0n) is 12.2. The van der Waals surface area contributed by atoms with E-state index in [1.165, 1.54) is 25.7 Å². The van der Waals surface area contributed by atoms with Crippen LogP contribution < -0.4 is 10.6 Å². The van der Waals surface area contributed by atoms with Crippen molar-refractivity contribution in [2.75, 3.05) is 17.7 Å². The second kappa shape index (κ2) is 4.99. The van der Waals surface area contributed by atoms with Crippen LogP contribution in [0.2, 0.25) is 0 Å². The third kappa shape index (κ3) is 2.67. The lowest BCUT2D eigenvalue weighted by atomic mass is 10.1. The molecule has 2 fully saturated rings. The summed E-state index contributed by atoms with van der Waals surface area (Å²) in [6.07, 6.45) is 6.42. The highest BCUT2D eigenvalue weighted by Crippen LogP contribution is 2.46. The molecule has 0 saturated heterocycles. The zero-order valence-corrected chi connectivity index (χ0v) is 12.2. The molecule has 0 amide bonds. The van der Waals surface area contributed by atoms with Crippen LogP contribution in [0.15, 0.2) is 0 Å². The number of hydrogen-bond acceptors (Lipinski definition) is 4. The van der Waals surface area contributed by atoms with Crippen LogP contribution in [-0.4, -0.2) is 23.1 Å². The number of anilines is 2. The average Bonchev–Trinajstić information content (AvgIpc) is 3.29. The Balaban J connectivity index is 1.85. The van der Waals surface area contributed by atoms with Gasteiger partial charge in [0.1, 0.15) is 17.5 Å². The summed E-state index contributed by atoms with van der Waals surface area (Å²) in [6, 6.07) is 0.642. The first-order chi connectivity index (χ1) is 9.22. The van der Waals surface area contributed by atoms with Gasteiger partial charge in [0.05, 0.1) is 0 Å². The number of aromatic nitrogens is 2. The Hall–Kier alpha value is -1.32. The van der Waals surface area contributed by atoms with Gasteiger partial charge in [-0.1, -0.05) is 6.92 Å². The molecule has 0 spiro atoms. The standard InChI is InChI=1S/C15H24N4/c1-4-12-17-14(16-3)9(2)15(18-12)19-13(10-5-6-10)11-7-8-11/h10-11,13H,4-8H2,1-3H3,(H2,16,17,18,19). The van der Waals surface area contributed by atoms with Crippen molar-refractivity contribution in [2.45, 2.75) is 52.0 Å². The average molecular weight is 260 g/mol. The Morgan fingerprint density at radius 3 is 2.16 bits per heavy atom. The van der Waals surface area contributed by atoms with Crippen molar-refractivity contribution in [3.05, 3.63) is 11.4 Å². The summed E-state index contributed by atoms with van der Waals surface area (Å²) in [5.74, 6) is 4.68. The first kappa shape index (κ1) is 12.7. The van der Waals surface area contributed by atoms with E-state index in [2.05, 4.69) is 29.5 Å². The van der Waals surface area contributed by atoms with Crippen molar-refractivity contribution < 1.29 is 0 Å². The summed E-state index contributed by atoms with van der Waals surface area (Å²) in [7, 11) is 1.93. The molecule has 2 aliphatic rings. The van der Waals surface area contributed by atoms with E-state index in [0.717, 1.165) is 41.3 Å². The number of nitrogens with one attached hydrogen (secondary N) is 2.